The number of carbonyl (C=O) groups is 4. The molecule has 0 spiro atoms. The van der Waals surface area contributed by atoms with Crippen LogP contribution in [-0.4, -0.2) is 46.9 Å². The van der Waals surface area contributed by atoms with Gasteiger partial charge in [-0.2, -0.15) is 0 Å². The summed E-state index contributed by atoms with van der Waals surface area (Å²) in [7, 11) is 0. The van der Waals surface area contributed by atoms with Gasteiger partial charge in [-0.05, 0) is 24.3 Å². The average Bonchev–Trinajstić information content (AvgIpc) is 2.60. The molecule has 0 aliphatic carbocycles. The molecule has 7 N–H and O–H groups in total. The first-order valence-corrected chi connectivity index (χ1v) is 9.01. The normalized spacial score (nSPS) is 14.0. The zero-order valence-electron chi connectivity index (χ0n) is 16.1. The van der Waals surface area contributed by atoms with Crippen molar-refractivity contribution >= 4 is 23.7 Å². The van der Waals surface area contributed by atoms with E-state index in [0.717, 1.165) is 5.56 Å². The molecule has 28 heavy (non-hydrogen) atoms. The van der Waals surface area contributed by atoms with Crippen molar-refractivity contribution in [3.63, 3.8) is 0 Å². The van der Waals surface area contributed by atoms with Crippen LogP contribution < -0.4 is 22.1 Å². The third-order valence-corrected chi connectivity index (χ3v) is 4.00. The van der Waals surface area contributed by atoms with Crippen molar-refractivity contribution in [2.75, 3.05) is 0 Å². The fourth-order valence-electron chi connectivity index (χ4n) is 2.62. The van der Waals surface area contributed by atoms with Crippen molar-refractivity contribution < 1.29 is 24.3 Å². The standard InChI is InChI=1S/C19H28N4O5/c1-11(2)8-15(19(27)28)23-18(26)14(10-16(21)24)22-17(25)13(20)9-12-6-4-3-5-7-12/h3-7,11,13-15H,8-10,20H2,1-2H3,(H2,21,24)(H,22,25)(H,23,26)(H,27,28)/t13-,14-,15-/m0/s1. The summed E-state index contributed by atoms with van der Waals surface area (Å²) in [5.41, 5.74) is 11.9. The highest BCUT2D eigenvalue weighted by molar-refractivity contribution is 5.94. The molecule has 0 saturated heterocycles. The first kappa shape index (κ1) is 23.1. The summed E-state index contributed by atoms with van der Waals surface area (Å²) in [6, 6.07) is 5.68. The number of aliphatic carboxylic acids is 1. The summed E-state index contributed by atoms with van der Waals surface area (Å²) in [5.74, 6) is -3.43. The summed E-state index contributed by atoms with van der Waals surface area (Å²) in [4.78, 5) is 47.4. The van der Waals surface area contributed by atoms with E-state index in [2.05, 4.69) is 10.6 Å². The van der Waals surface area contributed by atoms with Gasteiger partial charge in [-0.15, -0.1) is 0 Å². The monoisotopic (exact) mass is 392 g/mol. The molecule has 0 radical (unpaired) electrons. The highest BCUT2D eigenvalue weighted by Gasteiger charge is 2.29. The molecule has 0 saturated carbocycles. The third kappa shape index (κ3) is 8.17. The van der Waals surface area contributed by atoms with E-state index in [1.54, 1.807) is 0 Å². The maximum atomic E-state index is 12.5. The van der Waals surface area contributed by atoms with Crippen molar-refractivity contribution in [3.8, 4) is 0 Å². The largest absolute Gasteiger partial charge is 0.480 e. The molecule has 0 heterocycles. The maximum absolute atomic E-state index is 12.5. The van der Waals surface area contributed by atoms with Gasteiger partial charge >= 0.3 is 5.97 Å². The minimum atomic E-state index is -1.30. The lowest BCUT2D eigenvalue weighted by molar-refractivity contribution is -0.142. The second-order valence-corrected chi connectivity index (χ2v) is 7.06. The van der Waals surface area contributed by atoms with Crippen molar-refractivity contribution in [2.24, 2.45) is 17.4 Å². The smallest absolute Gasteiger partial charge is 0.326 e. The number of rotatable bonds is 11. The van der Waals surface area contributed by atoms with Crippen LogP contribution in [-0.2, 0) is 25.6 Å². The first-order valence-electron chi connectivity index (χ1n) is 9.01. The van der Waals surface area contributed by atoms with E-state index in [-0.39, 0.29) is 18.8 Å². The van der Waals surface area contributed by atoms with Crippen LogP contribution in [0.2, 0.25) is 0 Å². The number of amides is 3. The van der Waals surface area contributed by atoms with Gasteiger partial charge in [0, 0.05) is 0 Å². The second-order valence-electron chi connectivity index (χ2n) is 7.06. The van der Waals surface area contributed by atoms with Crippen molar-refractivity contribution in [1.29, 1.82) is 0 Å². The molecule has 0 aliphatic heterocycles. The van der Waals surface area contributed by atoms with Gasteiger partial charge in [-0.25, -0.2) is 4.79 Å². The minimum Gasteiger partial charge on any atom is -0.480 e. The number of hydrogen-bond acceptors (Lipinski definition) is 5. The summed E-state index contributed by atoms with van der Waals surface area (Å²) >= 11 is 0. The summed E-state index contributed by atoms with van der Waals surface area (Å²) in [6.45, 7) is 3.63. The lowest BCUT2D eigenvalue weighted by Gasteiger charge is -2.23. The zero-order valence-corrected chi connectivity index (χ0v) is 16.1. The fraction of sp³-hybridized carbons (Fsp3) is 0.474. The van der Waals surface area contributed by atoms with E-state index in [1.165, 1.54) is 0 Å². The Labute approximate surface area is 163 Å². The highest BCUT2D eigenvalue weighted by Crippen LogP contribution is 2.07. The predicted octanol–water partition coefficient (Wildman–Crippen LogP) is -0.468. The molecule has 9 heteroatoms. The third-order valence-electron chi connectivity index (χ3n) is 4.00. The molecule has 1 aromatic carbocycles. The first-order chi connectivity index (χ1) is 13.1. The Morgan fingerprint density at radius 3 is 2.07 bits per heavy atom. The van der Waals surface area contributed by atoms with Crippen LogP contribution in [0.4, 0.5) is 0 Å². The fourth-order valence-corrected chi connectivity index (χ4v) is 2.62. The van der Waals surface area contributed by atoms with Gasteiger partial charge in [-0.3, -0.25) is 14.4 Å². The molecule has 0 aliphatic rings. The Hall–Kier alpha value is -2.94. The van der Waals surface area contributed by atoms with Gasteiger partial charge in [-0.1, -0.05) is 44.2 Å². The Morgan fingerprint density at radius 2 is 1.57 bits per heavy atom. The number of carboxylic acid groups (broad SMARTS) is 1. The van der Waals surface area contributed by atoms with Crippen molar-refractivity contribution in [1.82, 2.24) is 10.6 Å². The molecule has 3 atom stereocenters. The molecule has 0 bridgehead atoms. The van der Waals surface area contributed by atoms with Crippen LogP contribution >= 0.6 is 0 Å². The highest BCUT2D eigenvalue weighted by atomic mass is 16.4. The Kier molecular flexibility index (Phi) is 9.10. The molecule has 0 fully saturated rings. The molecule has 0 unspecified atom stereocenters. The van der Waals surface area contributed by atoms with E-state index >= 15 is 0 Å². The minimum absolute atomic E-state index is 0.0184. The summed E-state index contributed by atoms with van der Waals surface area (Å²) < 4.78 is 0. The molecule has 0 aromatic heterocycles. The van der Waals surface area contributed by atoms with E-state index in [9.17, 15) is 24.3 Å². The summed E-state index contributed by atoms with van der Waals surface area (Å²) in [6.07, 6.45) is -0.0296. The van der Waals surface area contributed by atoms with Gasteiger partial charge in [0.1, 0.15) is 12.1 Å². The maximum Gasteiger partial charge on any atom is 0.326 e. The van der Waals surface area contributed by atoms with E-state index in [0.29, 0.717) is 0 Å². The van der Waals surface area contributed by atoms with Crippen LogP contribution in [0, 0.1) is 5.92 Å². The SMILES string of the molecule is CC(C)C[C@H](NC(=O)[C@H](CC(N)=O)NC(=O)[C@@H](N)Cc1ccccc1)C(=O)O. The van der Waals surface area contributed by atoms with Crippen LogP contribution in [0.25, 0.3) is 0 Å². The summed E-state index contributed by atoms with van der Waals surface area (Å²) in [5, 5.41) is 14.0. The lowest BCUT2D eigenvalue weighted by atomic mass is 10.0. The molecule has 1 aromatic rings. The Bertz CT molecular complexity index is 693. The Balaban J connectivity index is 2.80. The Morgan fingerprint density at radius 1 is 1.00 bits per heavy atom. The van der Waals surface area contributed by atoms with Crippen molar-refractivity contribution in [2.45, 2.75) is 51.2 Å². The quantitative estimate of drug-likeness (QED) is 0.342. The molecule has 9 nitrogen and oxygen atoms in total. The number of benzene rings is 1. The van der Waals surface area contributed by atoms with Gasteiger partial charge in [0.2, 0.25) is 17.7 Å². The molecular weight excluding hydrogens is 364 g/mol. The average molecular weight is 392 g/mol. The predicted molar refractivity (Wildman–Crippen MR) is 103 cm³/mol. The lowest BCUT2D eigenvalue weighted by Crippen LogP contribution is -2.55. The van der Waals surface area contributed by atoms with E-state index in [1.807, 2.05) is 44.2 Å². The van der Waals surface area contributed by atoms with Gasteiger partial charge < -0.3 is 27.2 Å². The molecular formula is C19H28N4O5. The van der Waals surface area contributed by atoms with Gasteiger partial charge in [0.05, 0.1) is 12.5 Å². The number of hydrogen-bond donors (Lipinski definition) is 5. The van der Waals surface area contributed by atoms with Crippen LogP contribution in [0.15, 0.2) is 30.3 Å². The molecule has 154 valence electrons. The van der Waals surface area contributed by atoms with E-state index in [4.69, 9.17) is 11.5 Å². The molecule has 1 rings (SSSR count). The number of carbonyl (C=O) groups excluding carboxylic acids is 3. The van der Waals surface area contributed by atoms with Crippen LogP contribution in [0.1, 0.15) is 32.3 Å². The molecule has 3 amide bonds. The second kappa shape index (κ2) is 11.0. The topological polar surface area (TPSA) is 165 Å². The van der Waals surface area contributed by atoms with Crippen molar-refractivity contribution in [3.05, 3.63) is 35.9 Å². The van der Waals surface area contributed by atoms with Gasteiger partial charge in [0.25, 0.3) is 0 Å². The zero-order chi connectivity index (χ0) is 21.3. The van der Waals surface area contributed by atoms with Crippen LogP contribution in [0.3, 0.4) is 0 Å². The van der Waals surface area contributed by atoms with E-state index < -0.39 is 48.2 Å². The number of carboxylic acids is 1. The number of nitrogens with one attached hydrogen (secondary N) is 2. The van der Waals surface area contributed by atoms with Crippen LogP contribution in [0.5, 0.6) is 0 Å². The number of primary amides is 1. The number of nitrogens with two attached hydrogens (primary N) is 2. The van der Waals surface area contributed by atoms with Gasteiger partial charge in [0.15, 0.2) is 0 Å².